The molecule has 1 saturated heterocycles. The number of aromatic nitrogens is 2. The van der Waals surface area contributed by atoms with Crippen LogP contribution in [0.2, 0.25) is 0 Å². The van der Waals surface area contributed by atoms with Gasteiger partial charge >= 0.3 is 0 Å². The van der Waals surface area contributed by atoms with E-state index in [2.05, 4.69) is 27.7 Å². The summed E-state index contributed by atoms with van der Waals surface area (Å²) in [6.45, 7) is 9.92. The lowest BCUT2D eigenvalue weighted by Crippen LogP contribution is -2.50. The van der Waals surface area contributed by atoms with Gasteiger partial charge in [0.15, 0.2) is 0 Å². The normalized spacial score (nSPS) is 20.9. The first-order chi connectivity index (χ1) is 11.0. The van der Waals surface area contributed by atoms with E-state index in [1.165, 1.54) is 0 Å². The Labute approximate surface area is 148 Å². The molecule has 1 fully saturated rings. The molecule has 1 aliphatic heterocycles. The van der Waals surface area contributed by atoms with Crippen molar-refractivity contribution in [1.29, 1.82) is 0 Å². The summed E-state index contributed by atoms with van der Waals surface area (Å²) in [5.41, 5.74) is 2.58. The van der Waals surface area contributed by atoms with Gasteiger partial charge < -0.3 is 15.2 Å². The van der Waals surface area contributed by atoms with E-state index in [1.54, 1.807) is 0 Å². The molecule has 3 heterocycles. The van der Waals surface area contributed by atoms with Crippen LogP contribution in [0.25, 0.3) is 11.1 Å². The summed E-state index contributed by atoms with van der Waals surface area (Å²) in [6.07, 6.45) is 1.07. The average molecular weight is 353 g/mol. The second-order valence-electron chi connectivity index (χ2n) is 6.76. The molecule has 1 amide bonds. The van der Waals surface area contributed by atoms with Gasteiger partial charge in [0.25, 0.3) is 11.6 Å². The first-order valence-electron chi connectivity index (χ1n) is 8.26. The zero-order chi connectivity index (χ0) is 16.6. The fourth-order valence-electron chi connectivity index (χ4n) is 3.10. The Morgan fingerprint density at radius 3 is 2.88 bits per heavy atom. The number of aryl methyl sites for hydroxylation is 1. The third-order valence-corrected chi connectivity index (χ3v) is 4.54. The minimum Gasteiger partial charge on any atom is -0.348 e. The fourth-order valence-corrected chi connectivity index (χ4v) is 3.10. The molecule has 0 radical (unpaired) electrons. The number of rotatable bonds is 3. The molecule has 132 valence electrons. The van der Waals surface area contributed by atoms with E-state index in [0.717, 1.165) is 36.3 Å². The van der Waals surface area contributed by atoms with Gasteiger partial charge in [0.05, 0.1) is 16.6 Å². The third-order valence-electron chi connectivity index (χ3n) is 4.54. The number of halogens is 1. The van der Waals surface area contributed by atoms with Gasteiger partial charge in [0.1, 0.15) is 0 Å². The van der Waals surface area contributed by atoms with Crippen LogP contribution in [-0.4, -0.2) is 35.2 Å². The molecule has 1 aliphatic rings. The van der Waals surface area contributed by atoms with Gasteiger partial charge in [-0.2, -0.15) is 0 Å². The van der Waals surface area contributed by atoms with E-state index in [-0.39, 0.29) is 30.3 Å². The van der Waals surface area contributed by atoms with Crippen LogP contribution in [-0.2, 0) is 0 Å². The Kier molecular flexibility index (Phi) is 5.83. The van der Waals surface area contributed by atoms with Crippen molar-refractivity contribution in [1.82, 2.24) is 20.8 Å². The van der Waals surface area contributed by atoms with Crippen LogP contribution < -0.4 is 10.6 Å². The van der Waals surface area contributed by atoms with E-state index < -0.39 is 0 Å². The van der Waals surface area contributed by atoms with Gasteiger partial charge in [-0.05, 0) is 37.8 Å². The standard InChI is InChI=1S/C17H24N4O2.ClH/c1-9(2)15-14-12(7-11(4)19-17(14)23-21-15)16(22)20-13-8-18-6-5-10(13)3;/h7,9-10,13,18H,5-6,8H2,1-4H3,(H,20,22);1H. The lowest BCUT2D eigenvalue weighted by atomic mass is 9.94. The van der Waals surface area contributed by atoms with E-state index >= 15 is 0 Å². The Bertz CT molecular complexity index is 729. The molecule has 0 spiro atoms. The van der Waals surface area contributed by atoms with Crippen molar-refractivity contribution < 1.29 is 9.32 Å². The van der Waals surface area contributed by atoms with Crippen LogP contribution in [0.4, 0.5) is 0 Å². The maximum Gasteiger partial charge on any atom is 0.259 e. The number of amides is 1. The highest BCUT2D eigenvalue weighted by Crippen LogP contribution is 2.27. The summed E-state index contributed by atoms with van der Waals surface area (Å²) in [5.74, 6) is 0.555. The molecule has 6 nitrogen and oxygen atoms in total. The van der Waals surface area contributed by atoms with Crippen molar-refractivity contribution in [2.45, 2.75) is 46.1 Å². The lowest BCUT2D eigenvalue weighted by Gasteiger charge is -2.30. The summed E-state index contributed by atoms with van der Waals surface area (Å²) >= 11 is 0. The van der Waals surface area contributed by atoms with Crippen LogP contribution >= 0.6 is 12.4 Å². The molecule has 7 heteroatoms. The second kappa shape index (κ2) is 7.49. The number of nitrogens with one attached hydrogen (secondary N) is 2. The molecule has 0 bridgehead atoms. The number of hydrogen-bond acceptors (Lipinski definition) is 5. The van der Waals surface area contributed by atoms with Crippen LogP contribution in [0.5, 0.6) is 0 Å². The monoisotopic (exact) mass is 352 g/mol. The average Bonchev–Trinajstić information content (AvgIpc) is 2.92. The number of pyridine rings is 1. The number of nitrogens with zero attached hydrogens (tertiary/aromatic N) is 2. The number of carbonyl (C=O) groups is 1. The van der Waals surface area contributed by atoms with Gasteiger partial charge in [-0.25, -0.2) is 4.98 Å². The molecule has 2 N–H and O–H groups in total. The molecule has 0 aliphatic carbocycles. The van der Waals surface area contributed by atoms with Gasteiger partial charge in [-0.3, -0.25) is 4.79 Å². The Morgan fingerprint density at radius 1 is 1.46 bits per heavy atom. The van der Waals surface area contributed by atoms with Crippen molar-refractivity contribution >= 4 is 29.4 Å². The van der Waals surface area contributed by atoms with Crippen LogP contribution in [0.1, 0.15) is 54.9 Å². The van der Waals surface area contributed by atoms with Crippen molar-refractivity contribution in [3.63, 3.8) is 0 Å². The molecular formula is C17H25ClN4O2. The molecule has 3 rings (SSSR count). The SMILES string of the molecule is Cc1cc(C(=O)NC2CNCCC2C)c2c(C(C)C)noc2n1.Cl. The Balaban J connectivity index is 0.00000208. The minimum absolute atomic E-state index is 0. The third kappa shape index (κ3) is 3.54. The van der Waals surface area contributed by atoms with E-state index in [4.69, 9.17) is 4.52 Å². The smallest absolute Gasteiger partial charge is 0.259 e. The fraction of sp³-hybridized carbons (Fsp3) is 0.588. The van der Waals surface area contributed by atoms with Crippen molar-refractivity contribution in [3.05, 3.63) is 23.0 Å². The van der Waals surface area contributed by atoms with Crippen LogP contribution in [0, 0.1) is 12.8 Å². The summed E-state index contributed by atoms with van der Waals surface area (Å²) in [6, 6.07) is 1.96. The molecule has 2 unspecified atom stereocenters. The highest BCUT2D eigenvalue weighted by Gasteiger charge is 2.26. The Morgan fingerprint density at radius 2 is 2.21 bits per heavy atom. The first kappa shape index (κ1) is 18.7. The maximum atomic E-state index is 12.9. The second-order valence-corrected chi connectivity index (χ2v) is 6.76. The highest BCUT2D eigenvalue weighted by atomic mass is 35.5. The summed E-state index contributed by atoms with van der Waals surface area (Å²) in [5, 5.41) is 11.3. The zero-order valence-corrected chi connectivity index (χ0v) is 15.4. The van der Waals surface area contributed by atoms with Gasteiger partial charge in [0, 0.05) is 18.3 Å². The first-order valence-corrected chi connectivity index (χ1v) is 8.26. The van der Waals surface area contributed by atoms with Crippen molar-refractivity contribution in [2.24, 2.45) is 5.92 Å². The Hall–Kier alpha value is -1.66. The van der Waals surface area contributed by atoms with E-state index in [9.17, 15) is 4.79 Å². The number of fused-ring (bicyclic) bond motifs is 1. The predicted molar refractivity (Wildman–Crippen MR) is 95.8 cm³/mol. The van der Waals surface area contributed by atoms with Gasteiger partial charge in [-0.1, -0.05) is 25.9 Å². The highest BCUT2D eigenvalue weighted by molar-refractivity contribution is 6.06. The number of hydrogen-bond donors (Lipinski definition) is 2. The molecule has 2 aromatic rings. The van der Waals surface area contributed by atoms with Crippen molar-refractivity contribution in [2.75, 3.05) is 13.1 Å². The summed E-state index contributed by atoms with van der Waals surface area (Å²) in [4.78, 5) is 17.2. The van der Waals surface area contributed by atoms with Gasteiger partial charge in [-0.15, -0.1) is 12.4 Å². The molecule has 2 aromatic heterocycles. The van der Waals surface area contributed by atoms with Crippen molar-refractivity contribution in [3.8, 4) is 0 Å². The number of piperidine rings is 1. The van der Waals surface area contributed by atoms with E-state index in [0.29, 0.717) is 17.2 Å². The minimum atomic E-state index is -0.0776. The maximum absolute atomic E-state index is 12.9. The largest absolute Gasteiger partial charge is 0.348 e. The molecule has 0 aromatic carbocycles. The molecular weight excluding hydrogens is 328 g/mol. The topological polar surface area (TPSA) is 80.0 Å². The predicted octanol–water partition coefficient (Wildman–Crippen LogP) is 2.80. The molecule has 0 saturated carbocycles. The molecule has 2 atom stereocenters. The van der Waals surface area contributed by atoms with Crippen LogP contribution in [0.15, 0.2) is 10.6 Å². The van der Waals surface area contributed by atoms with E-state index in [1.807, 2.05) is 26.8 Å². The van der Waals surface area contributed by atoms with Crippen LogP contribution in [0.3, 0.4) is 0 Å². The summed E-state index contributed by atoms with van der Waals surface area (Å²) in [7, 11) is 0. The summed E-state index contributed by atoms with van der Waals surface area (Å²) < 4.78 is 5.34. The zero-order valence-electron chi connectivity index (χ0n) is 14.5. The lowest BCUT2D eigenvalue weighted by molar-refractivity contribution is 0.0916. The molecule has 24 heavy (non-hydrogen) atoms. The number of carbonyl (C=O) groups excluding carboxylic acids is 1. The van der Waals surface area contributed by atoms with Gasteiger partial charge in [0.2, 0.25) is 0 Å². The quantitative estimate of drug-likeness (QED) is 0.887.